The predicted octanol–water partition coefficient (Wildman–Crippen LogP) is 2.36. The fraction of sp³-hybridized carbons (Fsp3) is 0.294. The second kappa shape index (κ2) is 8.66. The van der Waals surface area contributed by atoms with Crippen molar-refractivity contribution in [2.75, 3.05) is 26.7 Å². The second-order valence-corrected chi connectivity index (χ2v) is 7.72. The Labute approximate surface area is 163 Å². The zero-order chi connectivity index (χ0) is 18.7. The van der Waals surface area contributed by atoms with Gasteiger partial charge < -0.3 is 10.1 Å². The van der Waals surface area contributed by atoms with E-state index in [0.29, 0.717) is 25.4 Å². The molecule has 27 heavy (non-hydrogen) atoms. The van der Waals surface area contributed by atoms with Gasteiger partial charge in [0.25, 0.3) is 5.69 Å². The molecule has 8 nitrogen and oxygen atoms in total. The summed E-state index contributed by atoms with van der Waals surface area (Å²) in [5.74, 6) is 0.616. The van der Waals surface area contributed by atoms with Crippen LogP contribution in [0.4, 0.5) is 5.69 Å². The standard InChI is InChI=1S/C17H19N3O5S.ClH/c1-25-17-5-3-2-4-15(17)16-12-18-10-11-19(16)26(23,24)14-8-6-13(7-9-14)20(21)22;/h2-9,16,18H,10-12H2,1H3;1H. The lowest BCUT2D eigenvalue weighted by Gasteiger charge is -2.36. The largest absolute Gasteiger partial charge is 0.496 e. The minimum absolute atomic E-state index is 0. The van der Waals surface area contributed by atoms with E-state index in [9.17, 15) is 18.5 Å². The molecule has 1 aliphatic heterocycles. The molecule has 1 fully saturated rings. The Balaban J connectivity index is 0.00000261. The van der Waals surface area contributed by atoms with Crippen LogP contribution >= 0.6 is 12.4 Å². The van der Waals surface area contributed by atoms with E-state index in [-0.39, 0.29) is 23.0 Å². The number of nitro groups is 1. The molecule has 1 saturated heterocycles. The highest BCUT2D eigenvalue weighted by atomic mass is 35.5. The molecule has 0 radical (unpaired) electrons. The van der Waals surface area contributed by atoms with Crippen LogP contribution in [0.3, 0.4) is 0 Å². The Morgan fingerprint density at radius 2 is 1.85 bits per heavy atom. The van der Waals surface area contributed by atoms with Gasteiger partial charge in [0.2, 0.25) is 10.0 Å². The van der Waals surface area contributed by atoms with E-state index in [0.717, 1.165) is 5.56 Å². The van der Waals surface area contributed by atoms with Crippen molar-refractivity contribution < 1.29 is 18.1 Å². The first-order valence-corrected chi connectivity index (χ1v) is 9.49. The molecule has 2 aromatic rings. The summed E-state index contributed by atoms with van der Waals surface area (Å²) in [6.45, 7) is 1.27. The molecule has 3 rings (SSSR count). The van der Waals surface area contributed by atoms with E-state index >= 15 is 0 Å². The van der Waals surface area contributed by atoms with Crippen molar-refractivity contribution in [2.24, 2.45) is 0 Å². The van der Waals surface area contributed by atoms with Gasteiger partial charge in [-0.1, -0.05) is 18.2 Å². The van der Waals surface area contributed by atoms with Gasteiger partial charge in [0, 0.05) is 37.3 Å². The van der Waals surface area contributed by atoms with Gasteiger partial charge in [0.15, 0.2) is 0 Å². The summed E-state index contributed by atoms with van der Waals surface area (Å²) < 4.78 is 33.1. The maximum Gasteiger partial charge on any atom is 0.269 e. The van der Waals surface area contributed by atoms with Gasteiger partial charge in [0.1, 0.15) is 5.75 Å². The van der Waals surface area contributed by atoms with Gasteiger partial charge in [-0.25, -0.2) is 8.42 Å². The summed E-state index contributed by atoms with van der Waals surface area (Å²) in [4.78, 5) is 10.3. The predicted molar refractivity (Wildman–Crippen MR) is 103 cm³/mol. The van der Waals surface area contributed by atoms with E-state index in [4.69, 9.17) is 4.74 Å². The van der Waals surface area contributed by atoms with Crippen LogP contribution in [-0.4, -0.2) is 44.4 Å². The molecular weight excluding hydrogens is 394 g/mol. The topological polar surface area (TPSA) is 102 Å². The first-order valence-electron chi connectivity index (χ1n) is 8.05. The van der Waals surface area contributed by atoms with Crippen LogP contribution in [0.15, 0.2) is 53.4 Å². The van der Waals surface area contributed by atoms with E-state index in [2.05, 4.69) is 5.32 Å². The summed E-state index contributed by atoms with van der Waals surface area (Å²) in [6.07, 6.45) is 0. The maximum atomic E-state index is 13.1. The molecule has 1 heterocycles. The first-order chi connectivity index (χ1) is 12.4. The van der Waals surface area contributed by atoms with Gasteiger partial charge in [-0.2, -0.15) is 4.31 Å². The van der Waals surface area contributed by atoms with E-state index in [1.54, 1.807) is 13.2 Å². The summed E-state index contributed by atoms with van der Waals surface area (Å²) in [6, 6.07) is 11.8. The number of non-ortho nitro benzene ring substituents is 1. The molecule has 2 aromatic carbocycles. The minimum Gasteiger partial charge on any atom is -0.496 e. The third kappa shape index (κ3) is 4.22. The number of piperazine rings is 1. The lowest BCUT2D eigenvalue weighted by atomic mass is 10.0. The normalized spacial score (nSPS) is 17.7. The number of para-hydroxylation sites is 1. The van der Waals surface area contributed by atoms with Crippen LogP contribution in [0.25, 0.3) is 0 Å². The van der Waals surface area contributed by atoms with Crippen molar-refractivity contribution in [1.29, 1.82) is 0 Å². The molecule has 146 valence electrons. The van der Waals surface area contributed by atoms with Crippen LogP contribution in [0, 0.1) is 10.1 Å². The number of hydrogen-bond donors (Lipinski definition) is 1. The van der Waals surface area contributed by atoms with Gasteiger partial charge in [-0.15, -0.1) is 12.4 Å². The number of halogens is 1. The fourth-order valence-electron chi connectivity index (χ4n) is 3.06. The third-order valence-electron chi connectivity index (χ3n) is 4.35. The maximum absolute atomic E-state index is 13.1. The van der Waals surface area contributed by atoms with Crippen molar-refractivity contribution in [3.8, 4) is 5.75 Å². The van der Waals surface area contributed by atoms with Crippen LogP contribution in [0.1, 0.15) is 11.6 Å². The number of rotatable bonds is 5. The van der Waals surface area contributed by atoms with Gasteiger partial charge >= 0.3 is 0 Å². The zero-order valence-corrected chi connectivity index (χ0v) is 16.2. The molecule has 0 aliphatic carbocycles. The lowest BCUT2D eigenvalue weighted by molar-refractivity contribution is -0.384. The van der Waals surface area contributed by atoms with E-state index < -0.39 is 21.0 Å². The molecule has 0 aromatic heterocycles. The number of benzene rings is 2. The Morgan fingerprint density at radius 1 is 1.19 bits per heavy atom. The van der Waals surface area contributed by atoms with Crippen molar-refractivity contribution in [3.05, 3.63) is 64.2 Å². The van der Waals surface area contributed by atoms with Crippen LogP contribution in [0.2, 0.25) is 0 Å². The monoisotopic (exact) mass is 413 g/mol. The number of methoxy groups -OCH3 is 1. The summed E-state index contributed by atoms with van der Waals surface area (Å²) >= 11 is 0. The Bertz CT molecular complexity index is 905. The van der Waals surface area contributed by atoms with Crippen LogP contribution in [0.5, 0.6) is 5.75 Å². The van der Waals surface area contributed by atoms with Crippen molar-refractivity contribution in [1.82, 2.24) is 9.62 Å². The number of nitrogens with one attached hydrogen (secondary N) is 1. The molecule has 1 atom stereocenters. The number of nitro benzene ring substituents is 1. The lowest BCUT2D eigenvalue weighted by Crippen LogP contribution is -2.48. The van der Waals surface area contributed by atoms with Gasteiger partial charge in [0.05, 0.1) is 23.0 Å². The molecule has 1 aliphatic rings. The number of hydrogen-bond acceptors (Lipinski definition) is 6. The number of nitrogens with zero attached hydrogens (tertiary/aromatic N) is 2. The fourth-order valence-corrected chi connectivity index (χ4v) is 4.66. The van der Waals surface area contributed by atoms with Crippen LogP contribution in [-0.2, 0) is 10.0 Å². The average Bonchev–Trinajstić information content (AvgIpc) is 2.68. The third-order valence-corrected chi connectivity index (χ3v) is 6.27. The molecule has 0 saturated carbocycles. The highest BCUT2D eigenvalue weighted by molar-refractivity contribution is 7.89. The zero-order valence-electron chi connectivity index (χ0n) is 14.6. The van der Waals surface area contributed by atoms with E-state index in [1.807, 2.05) is 18.2 Å². The Hall–Kier alpha value is -2.20. The molecule has 0 bridgehead atoms. The first kappa shape index (κ1) is 21.1. The SMILES string of the molecule is COc1ccccc1C1CNCCN1S(=O)(=O)c1ccc([N+](=O)[O-])cc1.Cl. The van der Waals surface area contributed by atoms with Crippen LogP contribution < -0.4 is 10.1 Å². The summed E-state index contributed by atoms with van der Waals surface area (Å²) in [7, 11) is -2.27. The quantitative estimate of drug-likeness (QED) is 0.596. The average molecular weight is 414 g/mol. The van der Waals surface area contributed by atoms with Crippen molar-refractivity contribution in [3.63, 3.8) is 0 Å². The second-order valence-electron chi connectivity index (χ2n) is 5.83. The molecule has 1 N–H and O–H groups in total. The molecule has 10 heteroatoms. The number of ether oxygens (including phenoxy) is 1. The smallest absolute Gasteiger partial charge is 0.269 e. The Kier molecular flexibility index (Phi) is 6.77. The Morgan fingerprint density at radius 3 is 2.48 bits per heavy atom. The highest BCUT2D eigenvalue weighted by Crippen LogP contribution is 2.34. The van der Waals surface area contributed by atoms with Gasteiger partial charge in [-0.05, 0) is 18.2 Å². The van der Waals surface area contributed by atoms with Gasteiger partial charge in [-0.3, -0.25) is 10.1 Å². The number of sulfonamides is 1. The van der Waals surface area contributed by atoms with E-state index in [1.165, 1.54) is 28.6 Å². The van der Waals surface area contributed by atoms with Crippen molar-refractivity contribution >= 4 is 28.1 Å². The summed E-state index contributed by atoms with van der Waals surface area (Å²) in [5, 5.41) is 14.0. The molecule has 0 amide bonds. The molecule has 1 unspecified atom stereocenters. The molecular formula is C17H20ClN3O5S. The minimum atomic E-state index is -3.81. The van der Waals surface area contributed by atoms with Crippen molar-refractivity contribution in [2.45, 2.75) is 10.9 Å². The molecule has 0 spiro atoms. The highest BCUT2D eigenvalue weighted by Gasteiger charge is 2.35. The summed E-state index contributed by atoms with van der Waals surface area (Å²) in [5.41, 5.74) is 0.623.